The Hall–Kier alpha value is -0.320. The molecule has 0 radical (unpaired) electrons. The Balaban J connectivity index is 0.00000289. The Labute approximate surface area is 117 Å². The lowest BCUT2D eigenvalue weighted by Gasteiger charge is -2.35. The molecule has 108 valence electrons. The lowest BCUT2D eigenvalue weighted by Crippen LogP contribution is -2.54. The number of hydrogen-bond donors (Lipinski definition) is 2. The summed E-state index contributed by atoms with van der Waals surface area (Å²) in [5.41, 5.74) is -0.00140. The van der Waals surface area contributed by atoms with Gasteiger partial charge in [0.25, 0.3) is 5.91 Å². The number of nitrogens with one attached hydrogen (secondary N) is 2. The smallest absolute Gasteiger partial charge is 0.250 e. The Kier molecular flexibility index (Phi) is 6.61. The molecule has 1 atom stereocenters. The van der Waals surface area contributed by atoms with E-state index in [2.05, 4.69) is 45.3 Å². The molecule has 1 amide bonds. The highest BCUT2D eigenvalue weighted by atomic mass is 35.5. The molecule has 1 aliphatic heterocycles. The number of morpholine rings is 1. The van der Waals surface area contributed by atoms with Crippen molar-refractivity contribution in [3.63, 3.8) is 0 Å². The van der Waals surface area contributed by atoms with Crippen molar-refractivity contribution in [1.29, 1.82) is 0 Å². The van der Waals surface area contributed by atoms with Crippen LogP contribution in [0.4, 0.5) is 0 Å². The number of carbonyl (C=O) groups is 1. The normalized spacial score (nSPS) is 21.1. The number of rotatable bonds is 3. The van der Waals surface area contributed by atoms with Gasteiger partial charge in [0.2, 0.25) is 0 Å². The number of ether oxygens (including phenoxy) is 1. The third-order valence-electron chi connectivity index (χ3n) is 2.65. The second kappa shape index (κ2) is 6.73. The number of amides is 1. The molecule has 0 aromatic rings. The quantitative estimate of drug-likeness (QED) is 0.827. The minimum absolute atomic E-state index is 0. The molecule has 0 spiro atoms. The molecule has 1 saturated heterocycles. The molecule has 18 heavy (non-hydrogen) atoms. The van der Waals surface area contributed by atoms with Crippen molar-refractivity contribution in [2.24, 2.45) is 5.41 Å². The maximum Gasteiger partial charge on any atom is 0.250 e. The van der Waals surface area contributed by atoms with Crippen LogP contribution in [0, 0.1) is 5.41 Å². The van der Waals surface area contributed by atoms with Crippen molar-refractivity contribution >= 4 is 18.3 Å². The summed E-state index contributed by atoms with van der Waals surface area (Å²) in [5, 5.41) is 6.24. The molecule has 1 aliphatic rings. The molecule has 5 heteroatoms. The molecule has 1 heterocycles. The van der Waals surface area contributed by atoms with Gasteiger partial charge in [-0.25, -0.2) is 0 Å². The second-order valence-electron chi connectivity index (χ2n) is 6.67. The van der Waals surface area contributed by atoms with Crippen molar-refractivity contribution in [3.8, 4) is 0 Å². The van der Waals surface area contributed by atoms with Crippen LogP contribution in [0.1, 0.15) is 41.0 Å². The zero-order valence-electron chi connectivity index (χ0n) is 12.1. The van der Waals surface area contributed by atoms with Crippen LogP contribution < -0.4 is 10.6 Å². The van der Waals surface area contributed by atoms with Gasteiger partial charge in [-0.3, -0.25) is 4.79 Å². The first-order valence-electron chi connectivity index (χ1n) is 6.34. The molecule has 2 N–H and O–H groups in total. The largest absolute Gasteiger partial charge is 0.366 e. The third-order valence-corrected chi connectivity index (χ3v) is 2.65. The van der Waals surface area contributed by atoms with E-state index in [9.17, 15) is 4.79 Å². The van der Waals surface area contributed by atoms with Crippen molar-refractivity contribution in [2.75, 3.05) is 19.7 Å². The van der Waals surface area contributed by atoms with Crippen LogP contribution in [0.15, 0.2) is 0 Å². The van der Waals surface area contributed by atoms with Gasteiger partial charge in [0, 0.05) is 18.6 Å². The van der Waals surface area contributed by atoms with Crippen LogP contribution in [0.2, 0.25) is 0 Å². The summed E-state index contributed by atoms with van der Waals surface area (Å²) in [4.78, 5) is 12.0. The van der Waals surface area contributed by atoms with Crippen LogP contribution in [-0.4, -0.2) is 37.2 Å². The molecule has 0 aromatic carbocycles. The molecule has 0 bridgehead atoms. The topological polar surface area (TPSA) is 50.4 Å². The maximum absolute atomic E-state index is 12.0. The lowest BCUT2D eigenvalue weighted by molar-refractivity contribution is -0.136. The lowest BCUT2D eigenvalue weighted by atomic mass is 9.81. The average molecular weight is 279 g/mol. The SMILES string of the molecule is CC(C)(C)CC(C)(C)NC(=O)C1CNCCO1.Cl. The highest BCUT2D eigenvalue weighted by Gasteiger charge is 2.30. The predicted molar refractivity (Wildman–Crippen MR) is 76.2 cm³/mol. The molecule has 0 saturated carbocycles. The number of hydrogen-bond acceptors (Lipinski definition) is 3. The third kappa shape index (κ3) is 6.57. The van der Waals surface area contributed by atoms with E-state index in [0.717, 1.165) is 13.0 Å². The van der Waals surface area contributed by atoms with Gasteiger partial charge in [-0.2, -0.15) is 0 Å². The summed E-state index contributed by atoms with van der Waals surface area (Å²) < 4.78 is 5.44. The first-order valence-corrected chi connectivity index (χ1v) is 6.34. The maximum atomic E-state index is 12.0. The van der Waals surface area contributed by atoms with Gasteiger partial charge in [0.05, 0.1) is 6.61 Å². The van der Waals surface area contributed by atoms with E-state index in [1.165, 1.54) is 0 Å². The van der Waals surface area contributed by atoms with E-state index in [4.69, 9.17) is 4.74 Å². The molecule has 1 rings (SSSR count). The molecule has 0 aliphatic carbocycles. The molecular weight excluding hydrogens is 252 g/mol. The summed E-state index contributed by atoms with van der Waals surface area (Å²) >= 11 is 0. The fraction of sp³-hybridized carbons (Fsp3) is 0.923. The summed E-state index contributed by atoms with van der Waals surface area (Å²) in [7, 11) is 0. The van der Waals surface area contributed by atoms with Crippen molar-refractivity contribution in [3.05, 3.63) is 0 Å². The minimum atomic E-state index is -0.344. The monoisotopic (exact) mass is 278 g/mol. The standard InChI is InChI=1S/C13H26N2O2.ClH/c1-12(2,3)9-13(4,5)15-11(16)10-8-14-6-7-17-10;/h10,14H,6-9H2,1-5H3,(H,15,16);1H. The predicted octanol–water partition coefficient (Wildman–Crippen LogP) is 1.73. The van der Waals surface area contributed by atoms with Crippen LogP contribution in [0.25, 0.3) is 0 Å². The molecular formula is C13H27ClN2O2. The van der Waals surface area contributed by atoms with E-state index < -0.39 is 0 Å². The van der Waals surface area contributed by atoms with Gasteiger partial charge in [-0.1, -0.05) is 20.8 Å². The average Bonchev–Trinajstić information content (AvgIpc) is 2.14. The number of halogens is 1. The fourth-order valence-electron chi connectivity index (χ4n) is 2.52. The fourth-order valence-corrected chi connectivity index (χ4v) is 2.52. The van der Waals surface area contributed by atoms with Gasteiger partial charge in [-0.05, 0) is 25.7 Å². The van der Waals surface area contributed by atoms with E-state index >= 15 is 0 Å². The van der Waals surface area contributed by atoms with Gasteiger partial charge in [-0.15, -0.1) is 12.4 Å². The molecule has 1 unspecified atom stereocenters. The van der Waals surface area contributed by atoms with Crippen LogP contribution in [0.5, 0.6) is 0 Å². The summed E-state index contributed by atoms with van der Waals surface area (Å²) in [6.07, 6.45) is 0.592. The van der Waals surface area contributed by atoms with Gasteiger partial charge < -0.3 is 15.4 Å². The van der Waals surface area contributed by atoms with Gasteiger partial charge in [0.1, 0.15) is 6.10 Å². The minimum Gasteiger partial charge on any atom is -0.366 e. The molecule has 0 aromatic heterocycles. The molecule has 4 nitrogen and oxygen atoms in total. The highest BCUT2D eigenvalue weighted by Crippen LogP contribution is 2.26. The van der Waals surface area contributed by atoms with Crippen LogP contribution in [-0.2, 0) is 9.53 Å². The number of carbonyl (C=O) groups excluding carboxylic acids is 1. The van der Waals surface area contributed by atoms with E-state index in [-0.39, 0.29) is 35.4 Å². The zero-order valence-corrected chi connectivity index (χ0v) is 12.9. The molecule has 1 fully saturated rings. The van der Waals surface area contributed by atoms with Crippen molar-refractivity contribution < 1.29 is 9.53 Å². The Bertz CT molecular complexity index is 269. The Morgan fingerprint density at radius 1 is 1.33 bits per heavy atom. The Morgan fingerprint density at radius 3 is 2.39 bits per heavy atom. The summed E-state index contributed by atoms with van der Waals surface area (Å²) in [6, 6.07) is 0. The first-order chi connectivity index (χ1) is 7.70. The van der Waals surface area contributed by atoms with Gasteiger partial charge >= 0.3 is 0 Å². The summed E-state index contributed by atoms with van der Waals surface area (Å²) in [5.74, 6) is -0.00792. The van der Waals surface area contributed by atoms with Crippen molar-refractivity contribution in [1.82, 2.24) is 10.6 Å². The summed E-state index contributed by atoms with van der Waals surface area (Å²) in [6.45, 7) is 12.7. The van der Waals surface area contributed by atoms with E-state index in [0.29, 0.717) is 13.2 Å². The van der Waals surface area contributed by atoms with E-state index in [1.807, 2.05) is 0 Å². The first kappa shape index (κ1) is 17.7. The second-order valence-corrected chi connectivity index (χ2v) is 6.67. The Morgan fingerprint density at radius 2 is 1.94 bits per heavy atom. The van der Waals surface area contributed by atoms with Crippen LogP contribution in [0.3, 0.4) is 0 Å². The van der Waals surface area contributed by atoms with Crippen molar-refractivity contribution in [2.45, 2.75) is 52.7 Å². The van der Waals surface area contributed by atoms with Gasteiger partial charge in [0.15, 0.2) is 0 Å². The zero-order chi connectivity index (χ0) is 13.1. The van der Waals surface area contributed by atoms with E-state index in [1.54, 1.807) is 0 Å². The van der Waals surface area contributed by atoms with Crippen LogP contribution >= 0.6 is 12.4 Å². The highest BCUT2D eigenvalue weighted by molar-refractivity contribution is 5.85.